The maximum atomic E-state index is 12.7. The lowest BCUT2D eigenvalue weighted by atomic mass is 9.91. The van der Waals surface area contributed by atoms with Crippen LogP contribution in [0, 0.1) is 5.92 Å². The van der Waals surface area contributed by atoms with Crippen molar-refractivity contribution in [2.24, 2.45) is 5.92 Å². The number of nitrogens with one attached hydrogen (secondary N) is 2. The fraction of sp³-hybridized carbons (Fsp3) is 0.545. The van der Waals surface area contributed by atoms with Crippen LogP contribution in [0.5, 0.6) is 0 Å². The van der Waals surface area contributed by atoms with Crippen molar-refractivity contribution >= 4 is 28.8 Å². The van der Waals surface area contributed by atoms with Crippen LogP contribution in [0.1, 0.15) is 53.2 Å². The highest BCUT2D eigenvalue weighted by Gasteiger charge is 2.36. The highest BCUT2D eigenvalue weighted by atomic mass is 32.1. The van der Waals surface area contributed by atoms with E-state index in [1.165, 1.54) is 5.38 Å². The number of aromatic nitrogens is 2. The second-order valence-corrected chi connectivity index (χ2v) is 9.35. The van der Waals surface area contributed by atoms with E-state index < -0.39 is 17.1 Å². The fourth-order valence-electron chi connectivity index (χ4n) is 4.33. The number of rotatable bonds is 7. The number of unbranched alkanes of at least 4 members (excludes halogenated alkanes) is 1. The molecule has 2 N–H and O–H groups in total. The molecule has 0 spiro atoms. The quantitative estimate of drug-likeness (QED) is 0.589. The van der Waals surface area contributed by atoms with E-state index in [1.807, 2.05) is 6.07 Å². The van der Waals surface area contributed by atoms with E-state index in [9.17, 15) is 22.8 Å². The molecule has 4 rings (SSSR count). The second kappa shape index (κ2) is 10.1. The van der Waals surface area contributed by atoms with E-state index in [2.05, 4.69) is 20.6 Å². The van der Waals surface area contributed by atoms with Crippen LogP contribution in [0.3, 0.4) is 0 Å². The minimum atomic E-state index is -4.52. The summed E-state index contributed by atoms with van der Waals surface area (Å²) in [5, 5.41) is 6.40. The van der Waals surface area contributed by atoms with E-state index in [0.29, 0.717) is 43.3 Å². The van der Waals surface area contributed by atoms with Gasteiger partial charge in [0.05, 0.1) is 0 Å². The average Bonchev–Trinajstić information content (AvgIpc) is 3.46. The Morgan fingerprint density at radius 2 is 2.03 bits per heavy atom. The third-order valence-corrected chi connectivity index (χ3v) is 7.07. The normalized spacial score (nSPS) is 18.6. The number of fused-ring (bicyclic) bond motifs is 1. The Bertz CT molecular complexity index is 963. The average molecular weight is 482 g/mol. The van der Waals surface area contributed by atoms with Gasteiger partial charge in [0.1, 0.15) is 11.7 Å². The van der Waals surface area contributed by atoms with Crippen molar-refractivity contribution in [2.45, 2.75) is 50.7 Å². The zero-order valence-electron chi connectivity index (χ0n) is 18.0. The van der Waals surface area contributed by atoms with E-state index in [0.717, 1.165) is 43.4 Å². The lowest BCUT2D eigenvalue weighted by Gasteiger charge is -2.31. The summed E-state index contributed by atoms with van der Waals surface area (Å²) in [7, 11) is 0. The number of anilines is 1. The van der Waals surface area contributed by atoms with Gasteiger partial charge in [-0.3, -0.25) is 14.6 Å². The van der Waals surface area contributed by atoms with Gasteiger partial charge in [-0.05, 0) is 36.8 Å². The van der Waals surface area contributed by atoms with Crippen molar-refractivity contribution < 1.29 is 22.8 Å². The van der Waals surface area contributed by atoms with Crippen molar-refractivity contribution in [3.8, 4) is 0 Å². The molecule has 2 aromatic rings. The Hall–Kier alpha value is -2.69. The smallest absolute Gasteiger partial charge is 0.373 e. The molecule has 0 aromatic carbocycles. The summed E-state index contributed by atoms with van der Waals surface area (Å²) >= 11 is 0.452. The maximum Gasteiger partial charge on any atom is 0.443 e. The van der Waals surface area contributed by atoms with Crippen LogP contribution in [0.4, 0.5) is 18.9 Å². The van der Waals surface area contributed by atoms with Gasteiger partial charge in [-0.1, -0.05) is 12.8 Å². The van der Waals surface area contributed by atoms with Gasteiger partial charge in [0.2, 0.25) is 5.91 Å². The Kier molecular flexibility index (Phi) is 7.16. The SMILES string of the molecule is O=C(NCCCCC1CCN(C(=O)c2csc(C(F)(F)F)n2)CC1)C1Cc2cnccc2N1. The van der Waals surface area contributed by atoms with E-state index in [1.54, 1.807) is 17.3 Å². The first-order valence-corrected chi connectivity index (χ1v) is 12.0. The molecule has 4 heterocycles. The molecule has 2 aliphatic heterocycles. The summed E-state index contributed by atoms with van der Waals surface area (Å²) in [5.41, 5.74) is 1.89. The summed E-state index contributed by atoms with van der Waals surface area (Å²) in [5.74, 6) is 0.0412. The zero-order valence-corrected chi connectivity index (χ0v) is 18.8. The molecular formula is C22H26F3N5O2S. The zero-order chi connectivity index (χ0) is 23.4. The minimum Gasteiger partial charge on any atom is -0.373 e. The van der Waals surface area contributed by atoms with Crippen LogP contribution < -0.4 is 10.6 Å². The molecule has 2 aromatic heterocycles. The highest BCUT2D eigenvalue weighted by molar-refractivity contribution is 7.09. The molecule has 1 unspecified atom stereocenters. The van der Waals surface area contributed by atoms with Crippen LogP contribution >= 0.6 is 11.3 Å². The third kappa shape index (κ3) is 5.82. The Labute approximate surface area is 193 Å². The number of hydrogen-bond donors (Lipinski definition) is 2. The molecule has 0 bridgehead atoms. The molecule has 0 radical (unpaired) electrons. The van der Waals surface area contributed by atoms with Gasteiger partial charge in [-0.2, -0.15) is 13.2 Å². The van der Waals surface area contributed by atoms with Crippen molar-refractivity contribution in [2.75, 3.05) is 25.0 Å². The Balaban J connectivity index is 1.11. The lowest BCUT2D eigenvalue weighted by Crippen LogP contribution is -2.39. The maximum absolute atomic E-state index is 12.7. The third-order valence-electron chi connectivity index (χ3n) is 6.18. The Morgan fingerprint density at radius 3 is 2.73 bits per heavy atom. The van der Waals surface area contributed by atoms with Gasteiger partial charge in [0.15, 0.2) is 5.01 Å². The number of thiazole rings is 1. The van der Waals surface area contributed by atoms with Crippen molar-refractivity contribution in [1.29, 1.82) is 0 Å². The molecule has 2 amide bonds. The standard InChI is InChI=1S/C22H26F3N5O2S/c23-22(24,25)21-29-18(13-33-21)20(32)30-9-5-14(6-10-30)3-1-2-7-27-19(31)17-11-15-12-26-8-4-16(15)28-17/h4,8,12-14,17,28H,1-3,5-7,9-11H2,(H,27,31). The number of amides is 2. The number of carbonyl (C=O) groups is 2. The minimum absolute atomic E-state index is 0.00580. The van der Waals surface area contributed by atoms with Gasteiger partial charge in [-0.15, -0.1) is 11.3 Å². The number of likely N-dealkylation sites (tertiary alicyclic amines) is 1. The van der Waals surface area contributed by atoms with Crippen LogP contribution in [-0.4, -0.2) is 52.4 Å². The molecule has 33 heavy (non-hydrogen) atoms. The molecule has 178 valence electrons. The van der Waals surface area contributed by atoms with E-state index in [4.69, 9.17) is 0 Å². The van der Waals surface area contributed by atoms with Gasteiger partial charge < -0.3 is 15.5 Å². The van der Waals surface area contributed by atoms with E-state index >= 15 is 0 Å². The van der Waals surface area contributed by atoms with Gasteiger partial charge in [0, 0.05) is 49.5 Å². The number of piperidine rings is 1. The number of halogens is 3. The molecule has 1 fully saturated rings. The van der Waals surface area contributed by atoms with Gasteiger partial charge in [0.25, 0.3) is 5.91 Å². The molecular weight excluding hydrogens is 455 g/mol. The molecule has 1 saturated heterocycles. The summed E-state index contributed by atoms with van der Waals surface area (Å²) in [6.45, 7) is 1.68. The number of carbonyl (C=O) groups excluding carboxylic acids is 2. The number of hydrogen-bond acceptors (Lipinski definition) is 6. The monoisotopic (exact) mass is 481 g/mol. The summed E-state index contributed by atoms with van der Waals surface area (Å²) in [6.07, 6.45) is 4.12. The van der Waals surface area contributed by atoms with E-state index in [-0.39, 0.29) is 17.6 Å². The van der Waals surface area contributed by atoms with Gasteiger partial charge in [-0.25, -0.2) is 4.98 Å². The molecule has 0 saturated carbocycles. The molecule has 11 heteroatoms. The topological polar surface area (TPSA) is 87.2 Å². The van der Waals surface area contributed by atoms with Crippen molar-refractivity contribution in [3.05, 3.63) is 40.1 Å². The molecule has 1 atom stereocenters. The highest BCUT2D eigenvalue weighted by Crippen LogP contribution is 2.32. The Morgan fingerprint density at radius 1 is 1.24 bits per heavy atom. The number of alkyl halides is 3. The van der Waals surface area contributed by atoms with Crippen molar-refractivity contribution in [3.63, 3.8) is 0 Å². The molecule has 0 aliphatic carbocycles. The molecule has 2 aliphatic rings. The summed E-state index contributed by atoms with van der Waals surface area (Å²) < 4.78 is 38.1. The first-order valence-electron chi connectivity index (χ1n) is 11.1. The second-order valence-electron chi connectivity index (χ2n) is 8.49. The summed E-state index contributed by atoms with van der Waals surface area (Å²) in [6, 6.07) is 1.62. The van der Waals surface area contributed by atoms with Crippen LogP contribution in [-0.2, 0) is 17.4 Å². The number of pyridine rings is 1. The van der Waals surface area contributed by atoms with Crippen molar-refractivity contribution in [1.82, 2.24) is 20.2 Å². The lowest BCUT2D eigenvalue weighted by molar-refractivity contribution is -0.137. The van der Waals surface area contributed by atoms with Gasteiger partial charge >= 0.3 is 6.18 Å². The first-order chi connectivity index (χ1) is 15.8. The largest absolute Gasteiger partial charge is 0.443 e. The first kappa shape index (κ1) is 23.5. The summed E-state index contributed by atoms with van der Waals surface area (Å²) in [4.78, 5) is 33.9. The van der Waals surface area contributed by atoms with Crippen LogP contribution in [0.15, 0.2) is 23.8 Å². The van der Waals surface area contributed by atoms with Crippen LogP contribution in [0.2, 0.25) is 0 Å². The molecule has 7 nitrogen and oxygen atoms in total. The fourth-order valence-corrected chi connectivity index (χ4v) is 4.99. The van der Waals surface area contributed by atoms with Crippen LogP contribution in [0.25, 0.3) is 0 Å². The predicted octanol–water partition coefficient (Wildman–Crippen LogP) is 3.73. The predicted molar refractivity (Wildman–Crippen MR) is 118 cm³/mol. The number of nitrogens with zero attached hydrogens (tertiary/aromatic N) is 3.